The summed E-state index contributed by atoms with van der Waals surface area (Å²) in [5.41, 5.74) is 0.520. The number of halogens is 4. The van der Waals surface area contributed by atoms with E-state index in [0.29, 0.717) is 24.4 Å². The van der Waals surface area contributed by atoms with Gasteiger partial charge in [0.15, 0.2) is 5.96 Å². The summed E-state index contributed by atoms with van der Waals surface area (Å²) in [4.78, 5) is 17.4. The second-order valence-corrected chi connectivity index (χ2v) is 9.06. The van der Waals surface area contributed by atoms with Gasteiger partial charge < -0.3 is 5.32 Å². The zero-order valence-electron chi connectivity index (χ0n) is 18.3. The molecular weight excluding hydrogens is 439 g/mol. The molecule has 32 heavy (non-hydrogen) atoms. The Morgan fingerprint density at radius 3 is 2.38 bits per heavy atom. The van der Waals surface area contributed by atoms with Crippen LogP contribution in [0.15, 0.2) is 41.4 Å². The van der Waals surface area contributed by atoms with Crippen LogP contribution in [0.1, 0.15) is 68.3 Å². The van der Waals surface area contributed by atoms with E-state index in [0.717, 1.165) is 25.0 Å². The molecule has 1 aliphatic rings. The number of aliphatic imine (C=N–C) groups is 1. The summed E-state index contributed by atoms with van der Waals surface area (Å²) in [6.07, 6.45) is 3.07. The normalized spacial score (nSPS) is 16.9. The molecule has 1 fully saturated rings. The Morgan fingerprint density at radius 2 is 1.81 bits per heavy atom. The number of hydrogen-bond donors (Lipinski definition) is 2. The van der Waals surface area contributed by atoms with E-state index in [2.05, 4.69) is 10.6 Å². The molecule has 2 aromatic rings. The lowest BCUT2D eigenvalue weighted by molar-refractivity contribution is 0.0975. The molecule has 2 N–H and O–H groups in total. The highest BCUT2D eigenvalue weighted by atomic mass is 35.5. The molecule has 1 aliphatic carbocycles. The maximum atomic E-state index is 13.8. The van der Waals surface area contributed by atoms with Crippen LogP contribution in [0.3, 0.4) is 0 Å². The number of nitrogens with zero attached hydrogens (tertiary/aromatic N) is 1. The molecule has 0 saturated heterocycles. The van der Waals surface area contributed by atoms with Gasteiger partial charge in [-0.1, -0.05) is 25.4 Å². The van der Waals surface area contributed by atoms with Crippen LogP contribution in [-0.2, 0) is 0 Å². The molecule has 1 amide bonds. The zero-order chi connectivity index (χ0) is 23.5. The molecule has 2 unspecified atom stereocenters. The van der Waals surface area contributed by atoms with Gasteiger partial charge in [-0.05, 0) is 74.4 Å². The Morgan fingerprint density at radius 1 is 1.16 bits per heavy atom. The summed E-state index contributed by atoms with van der Waals surface area (Å²) in [5.74, 6) is -2.26. The van der Waals surface area contributed by atoms with Gasteiger partial charge in [-0.15, -0.1) is 0 Å². The smallest absolute Gasteiger partial charge is 0.258 e. The number of carbonyl (C=O) groups is 1. The van der Waals surface area contributed by atoms with Crippen molar-refractivity contribution in [2.24, 2.45) is 4.99 Å². The topological polar surface area (TPSA) is 53.5 Å². The molecular formula is C24H27ClF3N3O. The number of rotatable bonds is 7. The van der Waals surface area contributed by atoms with E-state index in [-0.39, 0.29) is 28.1 Å². The molecule has 0 bridgehead atoms. The molecule has 0 heterocycles. The third kappa shape index (κ3) is 6.48. The van der Waals surface area contributed by atoms with Gasteiger partial charge in [-0.2, -0.15) is 0 Å². The lowest BCUT2D eigenvalue weighted by atomic mass is 9.93. The largest absolute Gasteiger partial charge is 0.351 e. The van der Waals surface area contributed by atoms with Gasteiger partial charge in [0.2, 0.25) is 0 Å². The molecule has 4 nitrogen and oxygen atoms in total. The van der Waals surface area contributed by atoms with Crippen LogP contribution in [0, 0.1) is 17.5 Å². The average molecular weight is 466 g/mol. The van der Waals surface area contributed by atoms with Gasteiger partial charge >= 0.3 is 0 Å². The molecule has 0 radical (unpaired) electrons. The summed E-state index contributed by atoms with van der Waals surface area (Å²) in [6.45, 7) is 5.87. The highest BCUT2D eigenvalue weighted by Crippen LogP contribution is 2.34. The molecule has 172 valence electrons. The van der Waals surface area contributed by atoms with Gasteiger partial charge in [0, 0.05) is 17.2 Å². The second kappa shape index (κ2) is 9.94. The highest BCUT2D eigenvalue weighted by Gasteiger charge is 2.38. The minimum atomic E-state index is -0.678. The predicted molar refractivity (Wildman–Crippen MR) is 121 cm³/mol. The number of hydrogen-bond acceptors (Lipinski definition) is 2. The van der Waals surface area contributed by atoms with Crippen molar-refractivity contribution in [3.05, 3.63) is 70.0 Å². The highest BCUT2D eigenvalue weighted by molar-refractivity contribution is 6.30. The van der Waals surface area contributed by atoms with Gasteiger partial charge in [-0.25, -0.2) is 18.2 Å². The van der Waals surface area contributed by atoms with Crippen molar-refractivity contribution < 1.29 is 18.0 Å². The minimum Gasteiger partial charge on any atom is -0.351 e. The third-order valence-corrected chi connectivity index (χ3v) is 6.00. The fourth-order valence-electron chi connectivity index (χ4n) is 3.41. The van der Waals surface area contributed by atoms with Crippen molar-refractivity contribution in [2.45, 2.75) is 64.0 Å². The summed E-state index contributed by atoms with van der Waals surface area (Å²) in [6, 6.07) is 7.13. The van der Waals surface area contributed by atoms with Crippen LogP contribution in [0.25, 0.3) is 0 Å². The number of amides is 1. The van der Waals surface area contributed by atoms with Crippen LogP contribution in [0.4, 0.5) is 13.2 Å². The molecule has 0 spiro atoms. The summed E-state index contributed by atoms with van der Waals surface area (Å²) < 4.78 is 41.0. The fourth-order valence-corrected chi connectivity index (χ4v) is 3.53. The number of benzene rings is 2. The van der Waals surface area contributed by atoms with Crippen molar-refractivity contribution in [3.8, 4) is 0 Å². The third-order valence-electron chi connectivity index (χ3n) is 5.70. The molecule has 8 heteroatoms. The minimum absolute atomic E-state index is 0.0622. The Balaban J connectivity index is 1.78. The van der Waals surface area contributed by atoms with E-state index >= 15 is 0 Å². The number of guanidine groups is 1. The predicted octanol–water partition coefficient (Wildman–Crippen LogP) is 5.96. The first-order valence-corrected chi connectivity index (χ1v) is 11.0. The Bertz CT molecular complexity index is 1000. The van der Waals surface area contributed by atoms with Gasteiger partial charge in [0.05, 0.1) is 11.1 Å². The molecule has 2 aromatic carbocycles. The molecule has 3 rings (SSSR count). The van der Waals surface area contributed by atoms with Crippen molar-refractivity contribution in [3.63, 3.8) is 0 Å². The van der Waals surface area contributed by atoms with Crippen molar-refractivity contribution >= 4 is 23.5 Å². The standard InChI is InChI=1S/C24H27ClF3N3O/c1-4-19(9-14(2)16-10-17(26)13-18(27)11-16)29-23(31-24(3)7-8-24)30-22(32)15-5-6-20(25)21(28)12-15/h5-6,10-14,19H,4,7-9H2,1-3H3,(H2,29,30,31,32). The van der Waals surface area contributed by atoms with E-state index < -0.39 is 23.4 Å². The first-order chi connectivity index (χ1) is 15.1. The monoisotopic (exact) mass is 465 g/mol. The maximum Gasteiger partial charge on any atom is 0.258 e. The molecule has 0 aromatic heterocycles. The number of nitrogens with one attached hydrogen (secondary N) is 2. The van der Waals surface area contributed by atoms with E-state index in [1.165, 1.54) is 24.3 Å². The summed E-state index contributed by atoms with van der Waals surface area (Å²) >= 11 is 5.70. The molecule has 2 atom stereocenters. The molecule has 0 aliphatic heterocycles. The van der Waals surface area contributed by atoms with Crippen molar-refractivity contribution in [1.82, 2.24) is 10.6 Å². The van der Waals surface area contributed by atoms with E-state index in [9.17, 15) is 18.0 Å². The van der Waals surface area contributed by atoms with Gasteiger partial charge in [0.1, 0.15) is 17.5 Å². The summed E-state index contributed by atoms with van der Waals surface area (Å²) in [5, 5.41) is 5.95. The fraction of sp³-hybridized carbons (Fsp3) is 0.417. The second-order valence-electron chi connectivity index (χ2n) is 8.65. The number of carbonyl (C=O) groups excluding carboxylic acids is 1. The van der Waals surface area contributed by atoms with Gasteiger partial charge in [0.25, 0.3) is 5.91 Å². The van der Waals surface area contributed by atoms with Crippen LogP contribution in [0.2, 0.25) is 5.02 Å². The zero-order valence-corrected chi connectivity index (χ0v) is 19.1. The van der Waals surface area contributed by atoms with Crippen LogP contribution >= 0.6 is 11.6 Å². The van der Waals surface area contributed by atoms with Crippen molar-refractivity contribution in [2.75, 3.05) is 0 Å². The van der Waals surface area contributed by atoms with E-state index in [4.69, 9.17) is 16.6 Å². The lowest BCUT2D eigenvalue weighted by Gasteiger charge is -2.21. The molecule has 1 saturated carbocycles. The van der Waals surface area contributed by atoms with Crippen LogP contribution in [-0.4, -0.2) is 23.4 Å². The van der Waals surface area contributed by atoms with Crippen LogP contribution < -0.4 is 10.6 Å². The maximum absolute atomic E-state index is 13.8. The van der Waals surface area contributed by atoms with Crippen LogP contribution in [0.5, 0.6) is 0 Å². The first kappa shape index (κ1) is 24.1. The van der Waals surface area contributed by atoms with Crippen molar-refractivity contribution in [1.29, 1.82) is 0 Å². The lowest BCUT2D eigenvalue weighted by Crippen LogP contribution is -2.46. The SMILES string of the molecule is CCC(CC(C)c1cc(F)cc(F)c1)N=C(NC(=O)c1ccc(Cl)c(F)c1)NC1(C)CC1. The van der Waals surface area contributed by atoms with E-state index in [1.807, 2.05) is 20.8 Å². The Kier molecular flexibility index (Phi) is 7.49. The quantitative estimate of drug-likeness (QED) is 0.391. The average Bonchev–Trinajstić information content (AvgIpc) is 3.45. The first-order valence-electron chi connectivity index (χ1n) is 10.7. The Hall–Kier alpha value is -2.54. The summed E-state index contributed by atoms with van der Waals surface area (Å²) in [7, 11) is 0. The van der Waals surface area contributed by atoms with E-state index in [1.54, 1.807) is 0 Å². The van der Waals surface area contributed by atoms with Gasteiger partial charge in [-0.3, -0.25) is 10.1 Å². The Labute approximate surface area is 191 Å².